The van der Waals surface area contributed by atoms with E-state index in [0.29, 0.717) is 0 Å². The van der Waals surface area contributed by atoms with Gasteiger partial charge < -0.3 is 9.52 Å². The highest BCUT2D eigenvalue weighted by atomic mass is 32.2. The zero-order valence-corrected chi connectivity index (χ0v) is 18.3. The second-order valence-corrected chi connectivity index (χ2v) is 12.4. The fraction of sp³-hybridized carbons (Fsp3) is 0.300. The Morgan fingerprint density at radius 1 is 0.900 bits per heavy atom. The summed E-state index contributed by atoms with van der Waals surface area (Å²) in [4.78, 5) is 23.7. The first-order chi connectivity index (χ1) is 13.8. The Hall–Kier alpha value is -2.72. The molecule has 0 saturated heterocycles. The molecule has 160 valence electrons. The van der Waals surface area contributed by atoms with Crippen molar-refractivity contribution in [3.8, 4) is 0 Å². The molecule has 0 atom stereocenters. The molecular weight excluding hydrogens is 432 g/mol. The zero-order chi connectivity index (χ0) is 22.6. The summed E-state index contributed by atoms with van der Waals surface area (Å²) in [6.45, 7) is 5.75. The molecule has 10 heteroatoms. The van der Waals surface area contributed by atoms with Crippen molar-refractivity contribution in [3.05, 3.63) is 46.1 Å². The Kier molecular flexibility index (Phi) is 5.28. The van der Waals surface area contributed by atoms with Gasteiger partial charge in [0.25, 0.3) is 0 Å². The predicted molar refractivity (Wildman–Crippen MR) is 112 cm³/mol. The molecule has 0 unspecified atom stereocenters. The quantitative estimate of drug-likeness (QED) is 0.584. The first-order valence-corrected chi connectivity index (χ1v) is 12.1. The number of carboxylic acid groups (broad SMARTS) is 1. The van der Waals surface area contributed by atoms with Crippen LogP contribution in [0.15, 0.2) is 49.3 Å². The van der Waals surface area contributed by atoms with Crippen molar-refractivity contribution < 1.29 is 31.2 Å². The molecule has 0 bridgehead atoms. The van der Waals surface area contributed by atoms with Gasteiger partial charge in [-0.1, -0.05) is 0 Å². The summed E-state index contributed by atoms with van der Waals surface area (Å²) in [6, 6.07) is 5.72. The Balaban J connectivity index is 2.59. The van der Waals surface area contributed by atoms with Crippen molar-refractivity contribution in [1.29, 1.82) is 0 Å². The van der Waals surface area contributed by atoms with E-state index in [1.807, 2.05) is 0 Å². The van der Waals surface area contributed by atoms with Crippen LogP contribution >= 0.6 is 0 Å². The lowest BCUT2D eigenvalue weighted by atomic mass is 10.1. The number of carbonyl (C=O) groups is 1. The van der Waals surface area contributed by atoms with Gasteiger partial charge >= 0.3 is 5.97 Å². The van der Waals surface area contributed by atoms with E-state index in [2.05, 4.69) is 0 Å². The van der Waals surface area contributed by atoms with E-state index in [4.69, 9.17) is 4.42 Å². The molecule has 0 aliphatic carbocycles. The van der Waals surface area contributed by atoms with Crippen LogP contribution in [-0.2, 0) is 19.7 Å². The molecule has 0 amide bonds. The standard InChI is InChI=1S/C20H20O8S2/c1-10(2)29(24,25)13-8-15-18(21)14-7-12(20(22)23)5-6-16(14)28-19(15)17(9-13)30(26,27)11(3)4/h5-11H,1-4H3,(H,22,23). The molecule has 0 aliphatic heterocycles. The first-order valence-electron chi connectivity index (χ1n) is 9.04. The minimum Gasteiger partial charge on any atom is -0.478 e. The van der Waals surface area contributed by atoms with Crippen LogP contribution in [-0.4, -0.2) is 38.4 Å². The number of sulfone groups is 2. The summed E-state index contributed by atoms with van der Waals surface area (Å²) in [5.74, 6) is -1.25. The van der Waals surface area contributed by atoms with Crippen LogP contribution in [0.1, 0.15) is 38.1 Å². The fourth-order valence-corrected chi connectivity index (χ4v) is 5.33. The molecule has 1 aromatic heterocycles. The lowest BCUT2D eigenvalue weighted by molar-refractivity contribution is 0.0697. The molecule has 2 aromatic carbocycles. The van der Waals surface area contributed by atoms with Gasteiger partial charge in [-0.15, -0.1) is 0 Å². The molecule has 8 nitrogen and oxygen atoms in total. The van der Waals surface area contributed by atoms with Gasteiger partial charge in [-0.25, -0.2) is 21.6 Å². The Morgan fingerprint density at radius 3 is 2.03 bits per heavy atom. The molecule has 30 heavy (non-hydrogen) atoms. The van der Waals surface area contributed by atoms with Gasteiger partial charge in [-0.3, -0.25) is 4.79 Å². The molecule has 0 fully saturated rings. The number of aromatic carboxylic acids is 1. The highest BCUT2D eigenvalue weighted by Gasteiger charge is 2.29. The molecule has 3 rings (SSSR count). The van der Waals surface area contributed by atoms with Gasteiger partial charge in [0, 0.05) is 0 Å². The predicted octanol–water partition coefficient (Wildman–Crippen LogP) is 3.01. The molecular formula is C20H20O8S2. The van der Waals surface area contributed by atoms with Crippen LogP contribution in [0.3, 0.4) is 0 Å². The summed E-state index contributed by atoms with van der Waals surface area (Å²) in [5.41, 5.74) is -1.13. The van der Waals surface area contributed by atoms with Crippen LogP contribution in [0.4, 0.5) is 0 Å². The Bertz CT molecular complexity index is 1460. The summed E-state index contributed by atoms with van der Waals surface area (Å²) in [7, 11) is -7.92. The molecule has 0 radical (unpaired) electrons. The van der Waals surface area contributed by atoms with E-state index in [-0.39, 0.29) is 32.4 Å². The summed E-state index contributed by atoms with van der Waals surface area (Å²) >= 11 is 0. The van der Waals surface area contributed by atoms with Crippen molar-refractivity contribution in [2.45, 2.75) is 48.0 Å². The van der Waals surface area contributed by atoms with E-state index in [0.717, 1.165) is 18.2 Å². The third-order valence-corrected chi connectivity index (χ3v) is 9.12. The number of rotatable bonds is 5. The summed E-state index contributed by atoms with van der Waals surface area (Å²) in [6.07, 6.45) is 0. The third-order valence-electron chi connectivity index (χ3n) is 4.83. The van der Waals surface area contributed by atoms with Gasteiger partial charge in [0.15, 0.2) is 25.3 Å². The minimum atomic E-state index is -4.01. The zero-order valence-electron chi connectivity index (χ0n) is 16.7. The van der Waals surface area contributed by atoms with Crippen molar-refractivity contribution in [1.82, 2.24) is 0 Å². The number of fused-ring (bicyclic) bond motifs is 2. The van der Waals surface area contributed by atoms with Gasteiger partial charge in [0.2, 0.25) is 5.43 Å². The Labute approximate surface area is 173 Å². The van der Waals surface area contributed by atoms with Crippen molar-refractivity contribution in [3.63, 3.8) is 0 Å². The van der Waals surface area contributed by atoms with Crippen molar-refractivity contribution in [2.24, 2.45) is 0 Å². The van der Waals surface area contributed by atoms with E-state index < -0.39 is 46.5 Å². The molecule has 0 aliphatic rings. The largest absolute Gasteiger partial charge is 0.478 e. The lowest BCUT2D eigenvalue weighted by Gasteiger charge is -2.14. The van der Waals surface area contributed by atoms with Gasteiger partial charge in [-0.05, 0) is 58.0 Å². The smallest absolute Gasteiger partial charge is 0.335 e. The molecule has 1 heterocycles. The number of hydrogen-bond donors (Lipinski definition) is 1. The lowest BCUT2D eigenvalue weighted by Crippen LogP contribution is -2.19. The first kappa shape index (κ1) is 22.0. The normalized spacial score (nSPS) is 12.9. The van der Waals surface area contributed by atoms with E-state index in [1.165, 1.54) is 39.8 Å². The van der Waals surface area contributed by atoms with Crippen LogP contribution in [0.25, 0.3) is 21.9 Å². The fourth-order valence-electron chi connectivity index (χ4n) is 2.94. The second-order valence-electron chi connectivity index (χ2n) is 7.43. The highest BCUT2D eigenvalue weighted by molar-refractivity contribution is 7.93. The third kappa shape index (κ3) is 3.39. The number of benzene rings is 2. The molecule has 0 saturated carbocycles. The van der Waals surface area contributed by atoms with Gasteiger partial charge in [0.05, 0.1) is 31.7 Å². The van der Waals surface area contributed by atoms with Crippen LogP contribution in [0.5, 0.6) is 0 Å². The molecule has 0 spiro atoms. The maximum absolute atomic E-state index is 13.1. The second kappa shape index (κ2) is 7.21. The minimum absolute atomic E-state index is 0.00262. The van der Waals surface area contributed by atoms with E-state index in [9.17, 15) is 31.5 Å². The summed E-state index contributed by atoms with van der Waals surface area (Å²) in [5, 5.41) is 7.10. The van der Waals surface area contributed by atoms with Crippen molar-refractivity contribution >= 4 is 47.6 Å². The average Bonchev–Trinajstić information content (AvgIpc) is 2.66. The van der Waals surface area contributed by atoms with Gasteiger partial charge in [-0.2, -0.15) is 0 Å². The topological polar surface area (TPSA) is 136 Å². The van der Waals surface area contributed by atoms with Gasteiger partial charge in [0.1, 0.15) is 10.5 Å². The number of carboxylic acids is 1. The van der Waals surface area contributed by atoms with E-state index >= 15 is 0 Å². The maximum Gasteiger partial charge on any atom is 0.335 e. The molecule has 1 N–H and O–H groups in total. The summed E-state index contributed by atoms with van der Waals surface area (Å²) < 4.78 is 57.1. The van der Waals surface area contributed by atoms with Crippen LogP contribution < -0.4 is 5.43 Å². The Morgan fingerprint density at radius 2 is 1.50 bits per heavy atom. The number of hydrogen-bond acceptors (Lipinski definition) is 7. The van der Waals surface area contributed by atoms with Crippen molar-refractivity contribution in [2.75, 3.05) is 0 Å². The monoisotopic (exact) mass is 452 g/mol. The average molecular weight is 453 g/mol. The highest BCUT2D eigenvalue weighted by Crippen LogP contribution is 2.32. The maximum atomic E-state index is 13.1. The van der Waals surface area contributed by atoms with Crippen LogP contribution in [0.2, 0.25) is 0 Å². The molecule has 3 aromatic rings. The van der Waals surface area contributed by atoms with Crippen LogP contribution in [0, 0.1) is 0 Å². The van der Waals surface area contributed by atoms with E-state index in [1.54, 1.807) is 0 Å². The SMILES string of the molecule is CC(C)S(=O)(=O)c1cc(S(=O)(=O)C(C)C)c2oc3ccc(C(=O)O)cc3c(=O)c2c1.